The maximum Gasteiger partial charge on any atom is 0.235 e. The maximum atomic E-state index is 13.0. The van der Waals surface area contributed by atoms with Crippen molar-refractivity contribution in [3.05, 3.63) is 63.3 Å². The Balaban J connectivity index is 2.32. The minimum absolute atomic E-state index is 0.0801. The number of carbonyl (C=O) groups is 1. The first kappa shape index (κ1) is 17.0. The first-order valence-electron chi connectivity index (χ1n) is 8.14. The van der Waals surface area contributed by atoms with Crippen molar-refractivity contribution in [3.63, 3.8) is 0 Å². The van der Waals surface area contributed by atoms with E-state index in [0.29, 0.717) is 16.7 Å². The fourth-order valence-electron chi connectivity index (χ4n) is 2.83. The highest BCUT2D eigenvalue weighted by Crippen LogP contribution is 2.32. The van der Waals surface area contributed by atoms with Crippen molar-refractivity contribution in [2.45, 2.75) is 27.7 Å². The monoisotopic (exact) mass is 336 g/mol. The van der Waals surface area contributed by atoms with Crippen LogP contribution in [0.5, 0.6) is 5.75 Å². The molecule has 0 bridgehead atoms. The number of hydrogen-bond donors (Lipinski definition) is 0. The molecule has 3 rings (SSSR count). The number of rotatable bonds is 4. The van der Waals surface area contributed by atoms with Crippen molar-refractivity contribution < 1.29 is 13.9 Å². The van der Waals surface area contributed by atoms with Crippen molar-refractivity contribution in [2.75, 3.05) is 6.61 Å². The summed E-state index contributed by atoms with van der Waals surface area (Å²) in [6.45, 7) is 7.08. The second-order valence-electron chi connectivity index (χ2n) is 6.40. The summed E-state index contributed by atoms with van der Waals surface area (Å²) in [6, 6.07) is 11.4. The van der Waals surface area contributed by atoms with Gasteiger partial charge in [0.1, 0.15) is 12.2 Å². The molecule has 0 unspecified atom stereocenters. The molecule has 2 aromatic carbocycles. The predicted octanol–water partition coefficient (Wildman–Crippen LogP) is 4.35. The Labute approximate surface area is 146 Å². The molecule has 0 atom stereocenters. The summed E-state index contributed by atoms with van der Waals surface area (Å²) in [6.07, 6.45) is 0. The second-order valence-corrected chi connectivity index (χ2v) is 6.40. The first-order valence-corrected chi connectivity index (χ1v) is 8.14. The molecule has 0 aliphatic carbocycles. The highest BCUT2D eigenvalue weighted by atomic mass is 16.5. The van der Waals surface area contributed by atoms with Crippen LogP contribution in [0.4, 0.5) is 0 Å². The number of Topliss-reactive ketones (excluding diaryl/α,β-unsaturated/α-hetero) is 1. The molecule has 0 radical (unpaired) electrons. The van der Waals surface area contributed by atoms with Crippen LogP contribution >= 0.6 is 0 Å². The van der Waals surface area contributed by atoms with Gasteiger partial charge in [-0.05, 0) is 44.9 Å². The van der Waals surface area contributed by atoms with Gasteiger partial charge in [-0.25, -0.2) is 0 Å². The zero-order chi connectivity index (χ0) is 18.1. The normalized spacial score (nSPS) is 10.9. The van der Waals surface area contributed by atoms with Crippen molar-refractivity contribution in [1.29, 1.82) is 0 Å². The Kier molecular flexibility index (Phi) is 4.45. The lowest BCUT2D eigenvalue weighted by atomic mass is 10.0. The van der Waals surface area contributed by atoms with Gasteiger partial charge in [0.2, 0.25) is 11.2 Å². The standard InChI is InChI=1S/C21H20O4/c1-12-5-7-16(8-6-12)20-21(24-11-15(4)22)18(23)17-10-13(2)9-14(3)19(17)25-20/h5-10H,11H2,1-4H3. The van der Waals surface area contributed by atoms with Crippen LogP contribution in [0, 0.1) is 20.8 Å². The van der Waals surface area contributed by atoms with Crippen LogP contribution in [0.1, 0.15) is 23.6 Å². The van der Waals surface area contributed by atoms with E-state index in [1.54, 1.807) is 6.07 Å². The van der Waals surface area contributed by atoms with Gasteiger partial charge in [-0.15, -0.1) is 0 Å². The van der Waals surface area contributed by atoms with Crippen molar-refractivity contribution >= 4 is 16.8 Å². The summed E-state index contributed by atoms with van der Waals surface area (Å²) < 4.78 is 11.6. The van der Waals surface area contributed by atoms with E-state index in [4.69, 9.17) is 9.15 Å². The Morgan fingerprint density at radius 3 is 2.36 bits per heavy atom. The minimum Gasteiger partial charge on any atom is -0.478 e. The third-order valence-electron chi connectivity index (χ3n) is 4.01. The number of fused-ring (bicyclic) bond motifs is 1. The predicted molar refractivity (Wildman–Crippen MR) is 98.3 cm³/mol. The van der Waals surface area contributed by atoms with Gasteiger partial charge in [0.25, 0.3) is 0 Å². The third-order valence-corrected chi connectivity index (χ3v) is 4.01. The molecule has 0 saturated heterocycles. The van der Waals surface area contributed by atoms with Gasteiger partial charge < -0.3 is 9.15 Å². The highest BCUT2D eigenvalue weighted by molar-refractivity contribution is 5.85. The lowest BCUT2D eigenvalue weighted by molar-refractivity contribution is -0.118. The lowest BCUT2D eigenvalue weighted by Gasteiger charge is -2.12. The summed E-state index contributed by atoms with van der Waals surface area (Å²) in [5.74, 6) is 0.275. The summed E-state index contributed by atoms with van der Waals surface area (Å²) in [4.78, 5) is 24.3. The number of benzene rings is 2. The van der Waals surface area contributed by atoms with Crippen LogP contribution in [0.3, 0.4) is 0 Å². The number of aryl methyl sites for hydroxylation is 3. The second kappa shape index (κ2) is 6.55. The minimum atomic E-state index is -0.259. The summed E-state index contributed by atoms with van der Waals surface area (Å²) in [7, 11) is 0. The number of hydrogen-bond acceptors (Lipinski definition) is 4. The average Bonchev–Trinajstić information content (AvgIpc) is 2.55. The van der Waals surface area contributed by atoms with Gasteiger partial charge >= 0.3 is 0 Å². The Hall–Kier alpha value is -2.88. The van der Waals surface area contributed by atoms with E-state index < -0.39 is 0 Å². The molecule has 25 heavy (non-hydrogen) atoms. The molecule has 0 N–H and O–H groups in total. The van der Waals surface area contributed by atoms with E-state index in [1.807, 2.05) is 51.1 Å². The van der Waals surface area contributed by atoms with Gasteiger partial charge in [-0.1, -0.05) is 35.9 Å². The zero-order valence-electron chi connectivity index (χ0n) is 14.8. The zero-order valence-corrected chi connectivity index (χ0v) is 14.8. The van der Waals surface area contributed by atoms with E-state index in [2.05, 4.69) is 0 Å². The number of ketones is 1. The van der Waals surface area contributed by atoms with Gasteiger partial charge in [-0.3, -0.25) is 9.59 Å². The number of carbonyl (C=O) groups excluding carboxylic acids is 1. The van der Waals surface area contributed by atoms with Gasteiger partial charge in [0.05, 0.1) is 5.39 Å². The topological polar surface area (TPSA) is 56.5 Å². The van der Waals surface area contributed by atoms with Gasteiger partial charge in [0, 0.05) is 5.56 Å². The Morgan fingerprint density at radius 2 is 1.72 bits per heavy atom. The van der Waals surface area contributed by atoms with E-state index in [0.717, 1.165) is 22.3 Å². The highest BCUT2D eigenvalue weighted by Gasteiger charge is 2.19. The molecular weight excluding hydrogens is 316 g/mol. The molecular formula is C21H20O4. The molecule has 3 aromatic rings. The van der Waals surface area contributed by atoms with E-state index >= 15 is 0 Å². The maximum absolute atomic E-state index is 13.0. The molecule has 0 aliphatic rings. The van der Waals surface area contributed by atoms with E-state index in [9.17, 15) is 9.59 Å². The van der Waals surface area contributed by atoms with E-state index in [1.165, 1.54) is 6.92 Å². The van der Waals surface area contributed by atoms with Crippen LogP contribution in [-0.4, -0.2) is 12.4 Å². The molecule has 0 aliphatic heterocycles. The van der Waals surface area contributed by atoms with Crippen molar-refractivity contribution in [3.8, 4) is 17.1 Å². The number of ether oxygens (including phenoxy) is 1. The SMILES string of the molecule is CC(=O)COc1c(-c2ccc(C)cc2)oc2c(C)cc(C)cc2c1=O. The molecule has 4 nitrogen and oxygen atoms in total. The quantitative estimate of drug-likeness (QED) is 0.710. The molecule has 128 valence electrons. The van der Waals surface area contributed by atoms with Crippen LogP contribution in [0.25, 0.3) is 22.3 Å². The Bertz CT molecular complexity index is 1010. The molecule has 1 aromatic heterocycles. The summed E-state index contributed by atoms with van der Waals surface area (Å²) >= 11 is 0. The van der Waals surface area contributed by atoms with Gasteiger partial charge in [-0.2, -0.15) is 0 Å². The summed E-state index contributed by atoms with van der Waals surface area (Å²) in [5.41, 5.74) is 3.98. The molecule has 0 spiro atoms. The van der Waals surface area contributed by atoms with Crippen LogP contribution < -0.4 is 10.2 Å². The third kappa shape index (κ3) is 3.33. The van der Waals surface area contributed by atoms with Crippen LogP contribution in [0.2, 0.25) is 0 Å². The lowest BCUT2D eigenvalue weighted by Crippen LogP contribution is -2.15. The molecule has 0 fully saturated rings. The molecule has 4 heteroatoms. The van der Waals surface area contributed by atoms with Gasteiger partial charge in [0.15, 0.2) is 11.5 Å². The largest absolute Gasteiger partial charge is 0.478 e. The van der Waals surface area contributed by atoms with E-state index in [-0.39, 0.29) is 23.6 Å². The first-order chi connectivity index (χ1) is 11.9. The van der Waals surface area contributed by atoms with Crippen molar-refractivity contribution in [1.82, 2.24) is 0 Å². The molecule has 0 saturated carbocycles. The molecule has 1 heterocycles. The fourth-order valence-corrected chi connectivity index (χ4v) is 2.83. The summed E-state index contributed by atoms with van der Waals surface area (Å²) in [5, 5.41) is 0.465. The van der Waals surface area contributed by atoms with Crippen molar-refractivity contribution in [2.24, 2.45) is 0 Å². The fraction of sp³-hybridized carbons (Fsp3) is 0.238. The Morgan fingerprint density at radius 1 is 1.04 bits per heavy atom. The molecule has 0 amide bonds. The van der Waals surface area contributed by atoms with Crippen LogP contribution in [0.15, 0.2) is 45.6 Å². The smallest absolute Gasteiger partial charge is 0.235 e. The average molecular weight is 336 g/mol. The van der Waals surface area contributed by atoms with Crippen LogP contribution in [-0.2, 0) is 4.79 Å².